The number of carbonyl (C=O) groups is 1. The van der Waals surface area contributed by atoms with Gasteiger partial charge in [-0.15, -0.1) is 0 Å². The van der Waals surface area contributed by atoms with E-state index in [0.29, 0.717) is 16.8 Å². The average molecular weight is 361 g/mol. The van der Waals surface area contributed by atoms with Gasteiger partial charge in [0, 0.05) is 29.5 Å². The summed E-state index contributed by atoms with van der Waals surface area (Å²) in [4.78, 5) is 27.5. The van der Waals surface area contributed by atoms with Crippen LogP contribution in [0.3, 0.4) is 0 Å². The number of ether oxygens (including phenoxy) is 2. The lowest BCUT2D eigenvalue weighted by Gasteiger charge is -2.27. The van der Waals surface area contributed by atoms with E-state index in [1.165, 1.54) is 7.11 Å². The standard InChI is InChI=1S/C18H23N3O5/c1-9-16(18(24)21-20-9)12(8-15(22)26-3)13-6-10-4-5-11(25-2)7-14(10)19-17(13)23/h4-7,9,12,16,18,20-21,24H,8H2,1-3H3,(H,19,23). The van der Waals surface area contributed by atoms with E-state index in [2.05, 4.69) is 15.8 Å². The fourth-order valence-electron chi connectivity index (χ4n) is 3.57. The highest BCUT2D eigenvalue weighted by atomic mass is 16.5. The molecule has 1 saturated heterocycles. The molecule has 0 saturated carbocycles. The second-order valence-electron chi connectivity index (χ2n) is 6.49. The van der Waals surface area contributed by atoms with E-state index in [1.807, 2.05) is 13.0 Å². The van der Waals surface area contributed by atoms with Crippen molar-refractivity contribution < 1.29 is 19.4 Å². The van der Waals surface area contributed by atoms with Gasteiger partial charge in [-0.1, -0.05) is 0 Å². The number of nitrogens with one attached hydrogen (secondary N) is 3. The van der Waals surface area contributed by atoms with Crippen LogP contribution in [-0.4, -0.2) is 42.5 Å². The Hall–Kier alpha value is -2.42. The fraction of sp³-hybridized carbons (Fsp3) is 0.444. The summed E-state index contributed by atoms with van der Waals surface area (Å²) in [5, 5.41) is 11.1. The Kier molecular flexibility index (Phi) is 5.26. The van der Waals surface area contributed by atoms with Crippen molar-refractivity contribution >= 4 is 16.9 Å². The topological polar surface area (TPSA) is 113 Å². The van der Waals surface area contributed by atoms with Crippen LogP contribution in [0, 0.1) is 5.92 Å². The van der Waals surface area contributed by atoms with Crippen LogP contribution >= 0.6 is 0 Å². The lowest BCUT2D eigenvalue weighted by Crippen LogP contribution is -2.35. The predicted molar refractivity (Wildman–Crippen MR) is 95.7 cm³/mol. The van der Waals surface area contributed by atoms with E-state index in [1.54, 1.807) is 25.3 Å². The van der Waals surface area contributed by atoms with Crippen molar-refractivity contribution in [3.05, 3.63) is 40.2 Å². The SMILES string of the molecule is COC(=O)CC(c1cc2ccc(OC)cc2[nH]c1=O)C1C(C)NNC1O. The molecule has 1 aliphatic heterocycles. The molecule has 1 aliphatic rings. The largest absolute Gasteiger partial charge is 0.497 e. The van der Waals surface area contributed by atoms with E-state index in [4.69, 9.17) is 9.47 Å². The summed E-state index contributed by atoms with van der Waals surface area (Å²) in [7, 11) is 2.87. The van der Waals surface area contributed by atoms with Crippen LogP contribution in [0.5, 0.6) is 5.75 Å². The molecule has 3 rings (SSSR count). The minimum absolute atomic E-state index is 0.00331. The zero-order valence-corrected chi connectivity index (χ0v) is 14.9. The Labute approximate surface area is 150 Å². The van der Waals surface area contributed by atoms with Gasteiger partial charge in [-0.2, -0.15) is 0 Å². The number of pyridine rings is 1. The Bertz CT molecular complexity index is 856. The van der Waals surface area contributed by atoms with Crippen LogP contribution in [0.25, 0.3) is 10.9 Å². The number of benzene rings is 1. The van der Waals surface area contributed by atoms with Crippen molar-refractivity contribution in [1.82, 2.24) is 15.8 Å². The summed E-state index contributed by atoms with van der Waals surface area (Å²) >= 11 is 0. The summed E-state index contributed by atoms with van der Waals surface area (Å²) in [5.74, 6) is -0.674. The van der Waals surface area contributed by atoms with Crippen LogP contribution in [0.4, 0.5) is 0 Å². The summed E-state index contributed by atoms with van der Waals surface area (Å²) in [6, 6.07) is 7.01. The van der Waals surface area contributed by atoms with Gasteiger partial charge in [0.25, 0.3) is 5.56 Å². The van der Waals surface area contributed by atoms with Crippen LogP contribution in [0.15, 0.2) is 29.1 Å². The summed E-state index contributed by atoms with van der Waals surface area (Å²) in [6.45, 7) is 1.89. The molecule has 2 heterocycles. The summed E-state index contributed by atoms with van der Waals surface area (Å²) in [5.41, 5.74) is 6.49. The number of aromatic amines is 1. The Morgan fingerprint density at radius 3 is 2.65 bits per heavy atom. The highest BCUT2D eigenvalue weighted by Gasteiger charge is 2.40. The molecule has 4 N–H and O–H groups in total. The number of H-pyrrole nitrogens is 1. The fourth-order valence-corrected chi connectivity index (χ4v) is 3.57. The van der Waals surface area contributed by atoms with Gasteiger partial charge in [0.2, 0.25) is 0 Å². The molecule has 1 fully saturated rings. The minimum atomic E-state index is -0.884. The first-order chi connectivity index (χ1) is 12.4. The van der Waals surface area contributed by atoms with Crippen molar-refractivity contribution in [1.29, 1.82) is 0 Å². The third-order valence-corrected chi connectivity index (χ3v) is 4.96. The zero-order valence-electron chi connectivity index (χ0n) is 14.9. The monoisotopic (exact) mass is 361 g/mol. The molecular weight excluding hydrogens is 338 g/mol. The van der Waals surface area contributed by atoms with Crippen molar-refractivity contribution in [2.45, 2.75) is 31.5 Å². The summed E-state index contributed by atoms with van der Waals surface area (Å²) in [6.07, 6.45) is -0.887. The molecule has 2 aromatic rings. The number of hydrogen-bond donors (Lipinski definition) is 4. The Morgan fingerprint density at radius 2 is 2.04 bits per heavy atom. The highest BCUT2D eigenvalue weighted by Crippen LogP contribution is 2.34. The number of aliphatic hydroxyl groups excluding tert-OH is 1. The normalized spacial score (nSPS) is 23.8. The number of aromatic nitrogens is 1. The third kappa shape index (κ3) is 3.44. The number of rotatable bonds is 5. The van der Waals surface area contributed by atoms with Crippen molar-refractivity contribution in [2.24, 2.45) is 5.92 Å². The molecule has 8 heteroatoms. The molecule has 1 aromatic heterocycles. The van der Waals surface area contributed by atoms with Gasteiger partial charge in [0.05, 0.1) is 26.2 Å². The van der Waals surface area contributed by atoms with Crippen LogP contribution < -0.4 is 21.1 Å². The summed E-state index contributed by atoms with van der Waals surface area (Å²) < 4.78 is 9.98. The molecule has 26 heavy (non-hydrogen) atoms. The Morgan fingerprint density at radius 1 is 1.27 bits per heavy atom. The van der Waals surface area contributed by atoms with E-state index in [0.717, 1.165) is 5.39 Å². The number of hydrazine groups is 1. The van der Waals surface area contributed by atoms with Gasteiger partial charge in [-0.05, 0) is 30.5 Å². The Balaban J connectivity index is 2.09. The van der Waals surface area contributed by atoms with Gasteiger partial charge in [0.15, 0.2) is 0 Å². The smallest absolute Gasteiger partial charge is 0.306 e. The van der Waals surface area contributed by atoms with Gasteiger partial charge < -0.3 is 19.6 Å². The number of aliphatic hydroxyl groups is 1. The van der Waals surface area contributed by atoms with E-state index >= 15 is 0 Å². The van der Waals surface area contributed by atoms with E-state index < -0.39 is 18.1 Å². The molecule has 8 nitrogen and oxygen atoms in total. The first kappa shape index (κ1) is 18.4. The van der Waals surface area contributed by atoms with E-state index in [9.17, 15) is 14.7 Å². The van der Waals surface area contributed by atoms with Crippen molar-refractivity contribution in [3.63, 3.8) is 0 Å². The second kappa shape index (κ2) is 7.45. The number of methoxy groups -OCH3 is 2. The average Bonchev–Trinajstić information content (AvgIpc) is 2.97. The second-order valence-corrected chi connectivity index (χ2v) is 6.49. The maximum absolute atomic E-state index is 12.7. The van der Waals surface area contributed by atoms with Gasteiger partial charge in [-0.25, -0.2) is 5.43 Å². The molecule has 140 valence electrons. The maximum atomic E-state index is 12.7. The van der Waals surface area contributed by atoms with Crippen LogP contribution in [0.2, 0.25) is 0 Å². The first-order valence-corrected chi connectivity index (χ1v) is 8.41. The number of fused-ring (bicyclic) bond motifs is 1. The maximum Gasteiger partial charge on any atom is 0.306 e. The lowest BCUT2D eigenvalue weighted by atomic mass is 9.79. The first-order valence-electron chi connectivity index (χ1n) is 8.41. The predicted octanol–water partition coefficient (Wildman–Crippen LogP) is 0.614. The molecule has 4 unspecified atom stereocenters. The number of esters is 1. The van der Waals surface area contributed by atoms with Crippen LogP contribution in [0.1, 0.15) is 24.8 Å². The third-order valence-electron chi connectivity index (χ3n) is 4.96. The molecule has 4 atom stereocenters. The van der Waals surface area contributed by atoms with Crippen molar-refractivity contribution in [3.8, 4) is 5.75 Å². The number of carbonyl (C=O) groups excluding carboxylic acids is 1. The molecule has 0 spiro atoms. The molecule has 0 aliphatic carbocycles. The van der Waals surface area contributed by atoms with Gasteiger partial charge in [-0.3, -0.25) is 15.0 Å². The molecular formula is C18H23N3O5. The quantitative estimate of drug-likeness (QED) is 0.577. The van der Waals surface area contributed by atoms with E-state index in [-0.39, 0.29) is 23.9 Å². The number of hydrogen-bond acceptors (Lipinski definition) is 7. The van der Waals surface area contributed by atoms with Crippen molar-refractivity contribution in [2.75, 3.05) is 14.2 Å². The molecule has 0 bridgehead atoms. The highest BCUT2D eigenvalue weighted by molar-refractivity contribution is 5.81. The molecule has 1 aromatic carbocycles. The zero-order chi connectivity index (χ0) is 18.8. The molecule has 0 amide bonds. The van der Waals surface area contributed by atoms with Crippen LogP contribution in [-0.2, 0) is 9.53 Å². The minimum Gasteiger partial charge on any atom is -0.497 e. The van der Waals surface area contributed by atoms with Gasteiger partial charge in [0.1, 0.15) is 12.0 Å². The molecule has 0 radical (unpaired) electrons. The lowest BCUT2D eigenvalue weighted by molar-refractivity contribution is -0.141. The van der Waals surface area contributed by atoms with Gasteiger partial charge >= 0.3 is 5.97 Å².